The molecule has 5 heteroatoms. The van der Waals surface area contributed by atoms with Gasteiger partial charge in [0.2, 0.25) is 11.8 Å². The number of benzene rings is 2. The van der Waals surface area contributed by atoms with E-state index in [1.807, 2.05) is 61.5 Å². The van der Waals surface area contributed by atoms with Gasteiger partial charge in [0, 0.05) is 24.9 Å². The van der Waals surface area contributed by atoms with Crippen LogP contribution < -0.4 is 11.1 Å². The average molecular weight is 377 g/mol. The predicted molar refractivity (Wildman–Crippen MR) is 112 cm³/mol. The number of carbonyl (C=O) groups excluding carboxylic acids is 2. The molecule has 1 fully saturated rings. The number of anilines is 1. The van der Waals surface area contributed by atoms with E-state index in [2.05, 4.69) is 10.2 Å². The van der Waals surface area contributed by atoms with Gasteiger partial charge >= 0.3 is 0 Å². The highest BCUT2D eigenvalue weighted by Gasteiger charge is 2.23. The van der Waals surface area contributed by atoms with Gasteiger partial charge in [-0.25, -0.2) is 0 Å². The minimum absolute atomic E-state index is 0.0486. The van der Waals surface area contributed by atoms with Crippen LogP contribution in [0.4, 0.5) is 5.69 Å². The molecule has 1 heterocycles. The van der Waals surface area contributed by atoms with Crippen LogP contribution in [0.25, 0.3) is 6.08 Å². The Bertz CT molecular complexity index is 858. The number of nitrogens with two attached hydrogens (primary N) is 1. The molecule has 2 aromatic rings. The summed E-state index contributed by atoms with van der Waals surface area (Å²) in [5.74, 6) is -0.413. The molecule has 1 atom stereocenters. The summed E-state index contributed by atoms with van der Waals surface area (Å²) in [6, 6.07) is 15.8. The zero-order chi connectivity index (χ0) is 19.9. The first-order chi connectivity index (χ1) is 13.5. The average Bonchev–Trinajstić information content (AvgIpc) is 2.68. The number of primary amides is 1. The number of rotatable bonds is 6. The largest absolute Gasteiger partial charge is 0.369 e. The molecule has 146 valence electrons. The van der Waals surface area contributed by atoms with Crippen LogP contribution in [0.15, 0.2) is 54.6 Å². The number of hydrogen-bond donors (Lipinski definition) is 2. The highest BCUT2D eigenvalue weighted by Crippen LogP contribution is 2.19. The minimum Gasteiger partial charge on any atom is -0.369 e. The minimum atomic E-state index is -0.207. The molecule has 3 rings (SSSR count). The second kappa shape index (κ2) is 9.33. The molecule has 5 nitrogen and oxygen atoms in total. The van der Waals surface area contributed by atoms with Crippen LogP contribution in [0.5, 0.6) is 0 Å². The SMILES string of the molecule is Cc1cccc(/C=C/C(=O)Nc2ccc(CN3CCCC(C(N)=O)C3)cc2)c1. The molecule has 2 amide bonds. The second-order valence-electron chi connectivity index (χ2n) is 7.41. The molecular weight excluding hydrogens is 350 g/mol. The van der Waals surface area contributed by atoms with Gasteiger partial charge in [0.1, 0.15) is 0 Å². The van der Waals surface area contributed by atoms with Gasteiger partial charge in [-0.1, -0.05) is 42.0 Å². The summed E-state index contributed by atoms with van der Waals surface area (Å²) in [7, 11) is 0. The van der Waals surface area contributed by atoms with Crippen LogP contribution in [0.1, 0.15) is 29.5 Å². The fraction of sp³-hybridized carbons (Fsp3) is 0.304. The third-order valence-corrected chi connectivity index (χ3v) is 5.00. The van der Waals surface area contributed by atoms with Crippen LogP contribution in [0.2, 0.25) is 0 Å². The standard InChI is InChI=1S/C23H27N3O2/c1-17-4-2-5-18(14-17)9-12-22(27)25-21-10-7-19(8-11-21)15-26-13-3-6-20(16-26)23(24)28/h2,4-5,7-12,14,20H,3,6,13,15-16H2,1H3,(H2,24,28)(H,25,27)/b12-9+. The van der Waals surface area contributed by atoms with Gasteiger partial charge in [-0.15, -0.1) is 0 Å². The van der Waals surface area contributed by atoms with Crippen LogP contribution >= 0.6 is 0 Å². The summed E-state index contributed by atoms with van der Waals surface area (Å²) < 4.78 is 0. The third-order valence-electron chi connectivity index (χ3n) is 5.00. The highest BCUT2D eigenvalue weighted by atomic mass is 16.1. The number of nitrogens with zero attached hydrogens (tertiary/aromatic N) is 1. The Morgan fingerprint density at radius 3 is 2.71 bits per heavy atom. The molecule has 28 heavy (non-hydrogen) atoms. The lowest BCUT2D eigenvalue weighted by Gasteiger charge is -2.31. The van der Waals surface area contributed by atoms with Crippen molar-refractivity contribution in [3.63, 3.8) is 0 Å². The van der Waals surface area contributed by atoms with E-state index in [-0.39, 0.29) is 17.7 Å². The van der Waals surface area contributed by atoms with Crippen molar-refractivity contribution in [2.24, 2.45) is 11.7 Å². The predicted octanol–water partition coefficient (Wildman–Crippen LogP) is 3.34. The summed E-state index contributed by atoms with van der Waals surface area (Å²) >= 11 is 0. The molecule has 2 aromatic carbocycles. The molecule has 0 saturated carbocycles. The normalized spacial score (nSPS) is 17.5. The Balaban J connectivity index is 1.52. The Morgan fingerprint density at radius 2 is 2.00 bits per heavy atom. The number of aryl methyl sites for hydroxylation is 1. The summed E-state index contributed by atoms with van der Waals surface area (Å²) in [5.41, 5.74) is 9.52. The molecule has 0 bridgehead atoms. The van der Waals surface area contributed by atoms with E-state index in [9.17, 15) is 9.59 Å². The summed E-state index contributed by atoms with van der Waals surface area (Å²) in [5, 5.41) is 2.88. The number of amides is 2. The van der Waals surface area contributed by atoms with Gasteiger partial charge in [-0.3, -0.25) is 14.5 Å². The zero-order valence-corrected chi connectivity index (χ0v) is 16.2. The molecule has 0 spiro atoms. The Morgan fingerprint density at radius 1 is 1.21 bits per heavy atom. The second-order valence-corrected chi connectivity index (χ2v) is 7.41. The van der Waals surface area contributed by atoms with E-state index < -0.39 is 0 Å². The molecule has 1 unspecified atom stereocenters. The van der Waals surface area contributed by atoms with Crippen molar-refractivity contribution in [1.82, 2.24) is 4.90 Å². The Hall–Kier alpha value is -2.92. The summed E-state index contributed by atoms with van der Waals surface area (Å²) in [4.78, 5) is 25.8. The molecule has 0 aromatic heterocycles. The fourth-order valence-electron chi connectivity index (χ4n) is 3.51. The number of nitrogens with one attached hydrogen (secondary N) is 1. The van der Waals surface area contributed by atoms with Gasteiger partial charge in [-0.2, -0.15) is 0 Å². The van der Waals surface area contributed by atoms with Crippen molar-refractivity contribution in [1.29, 1.82) is 0 Å². The molecule has 1 aliphatic rings. The smallest absolute Gasteiger partial charge is 0.248 e. The van der Waals surface area contributed by atoms with Crippen LogP contribution in [0, 0.1) is 12.8 Å². The molecule has 1 aliphatic heterocycles. The maximum atomic E-state index is 12.1. The van der Waals surface area contributed by atoms with E-state index in [1.54, 1.807) is 6.08 Å². The van der Waals surface area contributed by atoms with Crippen molar-refractivity contribution in [2.45, 2.75) is 26.3 Å². The highest BCUT2D eigenvalue weighted by molar-refractivity contribution is 6.01. The maximum Gasteiger partial charge on any atom is 0.248 e. The van der Waals surface area contributed by atoms with Crippen molar-refractivity contribution in [3.8, 4) is 0 Å². The van der Waals surface area contributed by atoms with Gasteiger partial charge < -0.3 is 11.1 Å². The molecular formula is C23H27N3O2. The zero-order valence-electron chi connectivity index (χ0n) is 16.2. The van der Waals surface area contributed by atoms with Gasteiger partial charge in [0.05, 0.1) is 5.92 Å². The monoisotopic (exact) mass is 377 g/mol. The van der Waals surface area contributed by atoms with Gasteiger partial charge in [-0.05, 0) is 55.6 Å². The van der Waals surface area contributed by atoms with E-state index in [0.717, 1.165) is 54.9 Å². The fourth-order valence-corrected chi connectivity index (χ4v) is 3.51. The van der Waals surface area contributed by atoms with Crippen molar-refractivity contribution < 1.29 is 9.59 Å². The lowest BCUT2D eigenvalue weighted by atomic mass is 9.97. The molecule has 0 radical (unpaired) electrons. The van der Waals surface area contributed by atoms with Crippen LogP contribution in [-0.2, 0) is 16.1 Å². The van der Waals surface area contributed by atoms with E-state index in [0.29, 0.717) is 0 Å². The first-order valence-corrected chi connectivity index (χ1v) is 9.66. The first-order valence-electron chi connectivity index (χ1n) is 9.66. The maximum absolute atomic E-state index is 12.1. The summed E-state index contributed by atoms with van der Waals surface area (Å²) in [6.45, 7) is 4.51. The quantitative estimate of drug-likeness (QED) is 0.758. The van der Waals surface area contributed by atoms with Gasteiger partial charge in [0.15, 0.2) is 0 Å². The first kappa shape index (κ1) is 19.8. The van der Waals surface area contributed by atoms with E-state index in [4.69, 9.17) is 5.73 Å². The van der Waals surface area contributed by atoms with E-state index in [1.165, 1.54) is 0 Å². The van der Waals surface area contributed by atoms with Gasteiger partial charge in [0.25, 0.3) is 0 Å². The third kappa shape index (κ3) is 5.79. The number of carbonyl (C=O) groups is 2. The summed E-state index contributed by atoms with van der Waals surface area (Å²) in [6.07, 6.45) is 5.23. The molecule has 0 aliphatic carbocycles. The number of hydrogen-bond acceptors (Lipinski definition) is 3. The lowest BCUT2D eigenvalue weighted by Crippen LogP contribution is -2.40. The molecule has 3 N–H and O–H groups in total. The van der Waals surface area contributed by atoms with Crippen LogP contribution in [0.3, 0.4) is 0 Å². The van der Waals surface area contributed by atoms with Crippen molar-refractivity contribution in [3.05, 3.63) is 71.3 Å². The van der Waals surface area contributed by atoms with Crippen LogP contribution in [-0.4, -0.2) is 29.8 Å². The van der Waals surface area contributed by atoms with E-state index >= 15 is 0 Å². The Kier molecular flexibility index (Phi) is 6.61. The van der Waals surface area contributed by atoms with Crippen molar-refractivity contribution in [2.75, 3.05) is 18.4 Å². The number of piperidine rings is 1. The van der Waals surface area contributed by atoms with Crippen molar-refractivity contribution >= 4 is 23.6 Å². The lowest BCUT2D eigenvalue weighted by molar-refractivity contribution is -0.123. The Labute approximate surface area is 166 Å². The number of likely N-dealkylation sites (tertiary alicyclic amines) is 1. The molecule has 1 saturated heterocycles. The topological polar surface area (TPSA) is 75.4 Å².